The van der Waals surface area contributed by atoms with Crippen LogP contribution in [0.25, 0.3) is 0 Å². The average molecular weight is 287 g/mol. The average Bonchev–Trinajstić information content (AvgIpc) is 2.73. The van der Waals surface area contributed by atoms with Crippen LogP contribution in [0.15, 0.2) is 22.8 Å². The molecule has 0 N–H and O–H groups in total. The fraction of sp³-hybridized carbons (Fsp3) is 0.545. The van der Waals surface area contributed by atoms with Crippen molar-refractivity contribution in [1.82, 2.24) is 4.98 Å². The number of anilines is 1. The van der Waals surface area contributed by atoms with E-state index in [0.717, 1.165) is 23.4 Å². The second kappa shape index (κ2) is 5.12. The molecule has 2 rings (SSSR count). The molecule has 88 valence electrons. The number of methoxy groups -OCH3 is 2. The summed E-state index contributed by atoms with van der Waals surface area (Å²) in [5.41, 5.74) is 0. The van der Waals surface area contributed by atoms with Gasteiger partial charge in [0.25, 0.3) is 0 Å². The fourth-order valence-corrected chi connectivity index (χ4v) is 2.17. The van der Waals surface area contributed by atoms with Crippen molar-refractivity contribution in [3.63, 3.8) is 0 Å². The molecule has 0 aliphatic carbocycles. The maximum Gasteiger partial charge on any atom is 0.128 e. The van der Waals surface area contributed by atoms with Crippen LogP contribution in [-0.2, 0) is 9.47 Å². The van der Waals surface area contributed by atoms with Crippen LogP contribution in [0.4, 0.5) is 5.82 Å². The van der Waals surface area contributed by atoms with Gasteiger partial charge in [-0.25, -0.2) is 4.98 Å². The normalized spacial score (nSPS) is 25.1. The Labute approximate surface area is 104 Å². The van der Waals surface area contributed by atoms with Gasteiger partial charge in [0.1, 0.15) is 18.0 Å². The molecule has 1 aliphatic rings. The van der Waals surface area contributed by atoms with Crippen molar-refractivity contribution in [2.45, 2.75) is 12.2 Å². The monoisotopic (exact) mass is 286 g/mol. The first-order chi connectivity index (χ1) is 7.74. The van der Waals surface area contributed by atoms with Crippen molar-refractivity contribution in [3.8, 4) is 0 Å². The maximum atomic E-state index is 5.39. The minimum atomic E-state index is 0.121. The highest BCUT2D eigenvalue weighted by Gasteiger charge is 2.33. The van der Waals surface area contributed by atoms with Crippen LogP contribution >= 0.6 is 15.9 Å². The molecule has 0 amide bonds. The molecule has 1 fully saturated rings. The third-order valence-electron chi connectivity index (χ3n) is 2.86. The molecule has 0 bridgehead atoms. The molecule has 0 saturated carbocycles. The second-order valence-corrected chi connectivity index (χ2v) is 4.70. The summed E-state index contributed by atoms with van der Waals surface area (Å²) in [5, 5.41) is 0. The quantitative estimate of drug-likeness (QED) is 0.847. The lowest BCUT2D eigenvalue weighted by atomic mass is 10.3. The summed E-state index contributed by atoms with van der Waals surface area (Å²) in [6.45, 7) is 1.65. The van der Waals surface area contributed by atoms with E-state index >= 15 is 0 Å². The molecule has 1 aromatic rings. The molecule has 1 aromatic heterocycles. The van der Waals surface area contributed by atoms with Gasteiger partial charge in [-0.1, -0.05) is 0 Å². The fourth-order valence-electron chi connectivity index (χ4n) is 1.94. The molecular formula is C11H15BrN2O2. The molecule has 16 heavy (non-hydrogen) atoms. The van der Waals surface area contributed by atoms with E-state index in [1.807, 2.05) is 12.1 Å². The van der Waals surface area contributed by atoms with Crippen molar-refractivity contribution in [2.24, 2.45) is 0 Å². The standard InChI is InChI=1S/C11H15BrN2O2/c1-15-9-6-14(7-10(9)16-2)11-4-3-8(12)5-13-11/h3-5,9-10H,6-7H2,1-2H3. The van der Waals surface area contributed by atoms with E-state index < -0.39 is 0 Å². The van der Waals surface area contributed by atoms with Crippen LogP contribution < -0.4 is 4.90 Å². The molecule has 1 saturated heterocycles. The van der Waals surface area contributed by atoms with Gasteiger partial charge in [-0.2, -0.15) is 0 Å². The van der Waals surface area contributed by atoms with E-state index in [-0.39, 0.29) is 12.2 Å². The van der Waals surface area contributed by atoms with E-state index in [4.69, 9.17) is 9.47 Å². The highest BCUT2D eigenvalue weighted by atomic mass is 79.9. The summed E-state index contributed by atoms with van der Waals surface area (Å²) < 4.78 is 11.8. The summed E-state index contributed by atoms with van der Waals surface area (Å²) in [5.74, 6) is 0.963. The van der Waals surface area contributed by atoms with Crippen molar-refractivity contribution in [2.75, 3.05) is 32.2 Å². The molecule has 2 unspecified atom stereocenters. The van der Waals surface area contributed by atoms with E-state index in [1.54, 1.807) is 20.4 Å². The first-order valence-electron chi connectivity index (χ1n) is 5.16. The number of hydrogen-bond donors (Lipinski definition) is 0. The summed E-state index contributed by atoms with van der Waals surface area (Å²) in [6, 6.07) is 3.99. The molecule has 0 spiro atoms. The number of hydrogen-bond acceptors (Lipinski definition) is 4. The highest BCUT2D eigenvalue weighted by molar-refractivity contribution is 9.10. The second-order valence-electron chi connectivity index (χ2n) is 3.79. The highest BCUT2D eigenvalue weighted by Crippen LogP contribution is 2.22. The van der Waals surface area contributed by atoms with Gasteiger partial charge in [-0.3, -0.25) is 0 Å². The smallest absolute Gasteiger partial charge is 0.128 e. The largest absolute Gasteiger partial charge is 0.377 e. The third kappa shape index (κ3) is 2.36. The Hall–Kier alpha value is -0.650. The Morgan fingerprint density at radius 3 is 2.31 bits per heavy atom. The van der Waals surface area contributed by atoms with Crippen LogP contribution in [-0.4, -0.2) is 44.5 Å². The third-order valence-corrected chi connectivity index (χ3v) is 3.33. The Kier molecular flexibility index (Phi) is 3.78. The summed E-state index contributed by atoms with van der Waals surface area (Å²) >= 11 is 3.37. The first kappa shape index (κ1) is 11.8. The van der Waals surface area contributed by atoms with E-state index in [9.17, 15) is 0 Å². The Morgan fingerprint density at radius 1 is 1.25 bits per heavy atom. The molecule has 2 atom stereocenters. The lowest BCUT2D eigenvalue weighted by molar-refractivity contribution is -0.00461. The molecular weight excluding hydrogens is 272 g/mol. The van der Waals surface area contributed by atoms with Gasteiger partial charge in [0.15, 0.2) is 0 Å². The zero-order valence-electron chi connectivity index (χ0n) is 9.39. The topological polar surface area (TPSA) is 34.6 Å². The van der Waals surface area contributed by atoms with Crippen LogP contribution in [0.2, 0.25) is 0 Å². The molecule has 5 heteroatoms. The van der Waals surface area contributed by atoms with Crippen molar-refractivity contribution < 1.29 is 9.47 Å². The number of pyridine rings is 1. The van der Waals surface area contributed by atoms with Gasteiger partial charge < -0.3 is 14.4 Å². The number of nitrogens with zero attached hydrogens (tertiary/aromatic N) is 2. The number of rotatable bonds is 3. The zero-order chi connectivity index (χ0) is 11.5. The minimum Gasteiger partial charge on any atom is -0.377 e. The predicted molar refractivity (Wildman–Crippen MR) is 65.7 cm³/mol. The molecule has 0 radical (unpaired) electrons. The van der Waals surface area contributed by atoms with Gasteiger partial charge >= 0.3 is 0 Å². The summed E-state index contributed by atoms with van der Waals surface area (Å²) in [7, 11) is 3.43. The SMILES string of the molecule is COC1CN(c2ccc(Br)cn2)CC1OC. The van der Waals surface area contributed by atoms with Gasteiger partial charge in [-0.05, 0) is 28.1 Å². The van der Waals surface area contributed by atoms with Crippen molar-refractivity contribution in [1.29, 1.82) is 0 Å². The van der Waals surface area contributed by atoms with E-state index in [2.05, 4.69) is 25.8 Å². The summed E-state index contributed by atoms with van der Waals surface area (Å²) in [6.07, 6.45) is 2.04. The van der Waals surface area contributed by atoms with Crippen LogP contribution in [0.3, 0.4) is 0 Å². The van der Waals surface area contributed by atoms with Gasteiger partial charge in [0.2, 0.25) is 0 Å². The van der Waals surface area contributed by atoms with Crippen LogP contribution in [0.5, 0.6) is 0 Å². The van der Waals surface area contributed by atoms with Crippen molar-refractivity contribution >= 4 is 21.7 Å². The lowest BCUT2D eigenvalue weighted by Gasteiger charge is -2.16. The Morgan fingerprint density at radius 2 is 1.88 bits per heavy atom. The van der Waals surface area contributed by atoms with Gasteiger partial charge in [-0.15, -0.1) is 0 Å². The molecule has 1 aliphatic heterocycles. The Balaban J connectivity index is 2.09. The molecule has 4 nitrogen and oxygen atoms in total. The maximum absolute atomic E-state index is 5.39. The lowest BCUT2D eigenvalue weighted by Crippen LogP contribution is -2.27. The predicted octanol–water partition coefficient (Wildman–Crippen LogP) is 1.69. The number of aromatic nitrogens is 1. The zero-order valence-corrected chi connectivity index (χ0v) is 11.0. The minimum absolute atomic E-state index is 0.121. The van der Waals surface area contributed by atoms with E-state index in [0.29, 0.717) is 0 Å². The van der Waals surface area contributed by atoms with Crippen LogP contribution in [0, 0.1) is 0 Å². The molecule has 2 heterocycles. The Bertz CT molecular complexity index is 332. The van der Waals surface area contributed by atoms with Gasteiger partial charge in [0, 0.05) is 38.0 Å². The number of ether oxygens (including phenoxy) is 2. The van der Waals surface area contributed by atoms with E-state index in [1.165, 1.54) is 0 Å². The summed E-state index contributed by atoms with van der Waals surface area (Å²) in [4.78, 5) is 6.54. The van der Waals surface area contributed by atoms with Crippen molar-refractivity contribution in [3.05, 3.63) is 22.8 Å². The molecule has 0 aromatic carbocycles. The van der Waals surface area contributed by atoms with Gasteiger partial charge in [0.05, 0.1) is 0 Å². The van der Waals surface area contributed by atoms with Crippen LogP contribution in [0.1, 0.15) is 0 Å². The number of halogens is 1. The first-order valence-corrected chi connectivity index (χ1v) is 5.96.